The summed E-state index contributed by atoms with van der Waals surface area (Å²) in [5, 5.41) is 20.9. The molecule has 0 spiro atoms. The molecular formula is C24H22N6O2. The standard InChI is InChI=1S/C24H22N6O2/c1-16-21(24(31)29(2)19-7-5-4-6-8-19)22(28-32-16)20-15-27-30(3)23(20)26-14-18-11-9-17(13-25)10-12-18/h4-12,15,26H,14H2,1-3H3. The molecule has 1 amide bonds. The van der Waals surface area contributed by atoms with Gasteiger partial charge in [-0.25, -0.2) is 0 Å². The zero-order chi connectivity index (χ0) is 22.7. The van der Waals surface area contributed by atoms with Gasteiger partial charge in [0.25, 0.3) is 5.91 Å². The highest BCUT2D eigenvalue weighted by molar-refractivity contribution is 6.10. The maximum atomic E-state index is 13.3. The summed E-state index contributed by atoms with van der Waals surface area (Å²) in [5.41, 5.74) is 3.89. The number of amides is 1. The lowest BCUT2D eigenvalue weighted by atomic mass is 10.1. The summed E-state index contributed by atoms with van der Waals surface area (Å²) < 4.78 is 7.11. The summed E-state index contributed by atoms with van der Waals surface area (Å²) in [4.78, 5) is 14.9. The first kappa shape index (κ1) is 20.9. The SMILES string of the molecule is Cc1onc(-c2cnn(C)c2NCc2ccc(C#N)cc2)c1C(=O)N(C)c1ccccc1. The van der Waals surface area contributed by atoms with Crippen molar-refractivity contribution in [3.63, 3.8) is 0 Å². The van der Waals surface area contributed by atoms with Crippen molar-refractivity contribution in [2.24, 2.45) is 7.05 Å². The van der Waals surface area contributed by atoms with Crippen LogP contribution in [0.25, 0.3) is 11.3 Å². The van der Waals surface area contributed by atoms with Gasteiger partial charge in [0.1, 0.15) is 22.8 Å². The number of aryl methyl sites for hydroxylation is 2. The molecule has 160 valence electrons. The van der Waals surface area contributed by atoms with E-state index in [1.54, 1.807) is 41.9 Å². The number of para-hydroxylation sites is 1. The largest absolute Gasteiger partial charge is 0.366 e. The fourth-order valence-corrected chi connectivity index (χ4v) is 3.45. The van der Waals surface area contributed by atoms with Gasteiger partial charge in [-0.15, -0.1) is 0 Å². The molecule has 8 heteroatoms. The second-order valence-corrected chi connectivity index (χ2v) is 7.35. The Hall–Kier alpha value is -4.38. The maximum Gasteiger partial charge on any atom is 0.263 e. The third kappa shape index (κ3) is 3.96. The van der Waals surface area contributed by atoms with E-state index in [9.17, 15) is 4.79 Å². The Balaban J connectivity index is 1.64. The van der Waals surface area contributed by atoms with Crippen molar-refractivity contribution in [3.05, 3.63) is 83.2 Å². The number of hydrogen-bond acceptors (Lipinski definition) is 6. The van der Waals surface area contributed by atoms with Gasteiger partial charge >= 0.3 is 0 Å². The van der Waals surface area contributed by atoms with Crippen molar-refractivity contribution in [2.75, 3.05) is 17.3 Å². The van der Waals surface area contributed by atoms with Gasteiger partial charge in [0, 0.05) is 26.3 Å². The molecule has 4 rings (SSSR count). The van der Waals surface area contributed by atoms with Crippen molar-refractivity contribution >= 4 is 17.4 Å². The fraction of sp³-hybridized carbons (Fsp3) is 0.167. The van der Waals surface area contributed by atoms with Crippen molar-refractivity contribution in [3.8, 4) is 17.3 Å². The Kier molecular flexibility index (Phi) is 5.73. The van der Waals surface area contributed by atoms with Crippen molar-refractivity contribution < 1.29 is 9.32 Å². The van der Waals surface area contributed by atoms with Crippen molar-refractivity contribution in [1.82, 2.24) is 14.9 Å². The first-order valence-electron chi connectivity index (χ1n) is 10.0. The maximum absolute atomic E-state index is 13.3. The third-order valence-electron chi connectivity index (χ3n) is 5.26. The minimum Gasteiger partial charge on any atom is -0.366 e. The Labute approximate surface area is 185 Å². The van der Waals surface area contributed by atoms with Crippen LogP contribution in [0.5, 0.6) is 0 Å². The molecule has 0 aliphatic rings. The molecule has 0 aliphatic heterocycles. The van der Waals surface area contributed by atoms with Crippen LogP contribution in [0, 0.1) is 18.3 Å². The zero-order valence-electron chi connectivity index (χ0n) is 18.0. The lowest BCUT2D eigenvalue weighted by molar-refractivity contribution is 0.0992. The quantitative estimate of drug-likeness (QED) is 0.497. The molecule has 1 N–H and O–H groups in total. The van der Waals surface area contributed by atoms with Crippen molar-refractivity contribution in [2.45, 2.75) is 13.5 Å². The minimum atomic E-state index is -0.216. The van der Waals surface area contributed by atoms with Crippen LogP contribution in [-0.4, -0.2) is 27.9 Å². The number of nitrogens with one attached hydrogen (secondary N) is 1. The summed E-state index contributed by atoms with van der Waals surface area (Å²) in [6.07, 6.45) is 1.66. The molecule has 2 heterocycles. The summed E-state index contributed by atoms with van der Waals surface area (Å²) in [5.74, 6) is 0.931. The van der Waals surface area contributed by atoms with E-state index in [0.717, 1.165) is 11.3 Å². The van der Waals surface area contributed by atoms with Gasteiger partial charge in [-0.3, -0.25) is 9.48 Å². The molecule has 0 atom stereocenters. The predicted octanol–water partition coefficient (Wildman–Crippen LogP) is 4.14. The second kappa shape index (κ2) is 8.78. The normalized spacial score (nSPS) is 10.6. The van der Waals surface area contributed by atoms with Crippen LogP contribution in [0.1, 0.15) is 27.2 Å². The Morgan fingerprint density at radius 3 is 2.59 bits per heavy atom. The zero-order valence-corrected chi connectivity index (χ0v) is 18.0. The number of aromatic nitrogens is 3. The van der Waals surface area contributed by atoms with Crippen LogP contribution in [0.3, 0.4) is 0 Å². The van der Waals surface area contributed by atoms with Crippen LogP contribution in [0.2, 0.25) is 0 Å². The van der Waals surface area contributed by atoms with E-state index in [-0.39, 0.29) is 5.91 Å². The van der Waals surface area contributed by atoms with Gasteiger partial charge in [-0.05, 0) is 36.8 Å². The molecule has 8 nitrogen and oxygen atoms in total. The van der Waals surface area contributed by atoms with Gasteiger partial charge in [0.2, 0.25) is 0 Å². The van der Waals surface area contributed by atoms with Gasteiger partial charge in [0.15, 0.2) is 0 Å². The molecule has 0 bridgehead atoms. The number of hydrogen-bond donors (Lipinski definition) is 1. The fourth-order valence-electron chi connectivity index (χ4n) is 3.45. The Bertz CT molecular complexity index is 1280. The van der Waals surface area contributed by atoms with E-state index in [1.165, 1.54) is 0 Å². The number of carbonyl (C=O) groups excluding carboxylic acids is 1. The summed E-state index contributed by atoms with van der Waals surface area (Å²) >= 11 is 0. The second-order valence-electron chi connectivity index (χ2n) is 7.35. The predicted molar refractivity (Wildman–Crippen MR) is 121 cm³/mol. The molecule has 4 aromatic rings. The summed E-state index contributed by atoms with van der Waals surface area (Å²) in [7, 11) is 3.54. The average molecular weight is 426 g/mol. The lowest BCUT2D eigenvalue weighted by Gasteiger charge is -2.17. The lowest BCUT2D eigenvalue weighted by Crippen LogP contribution is -2.27. The number of nitriles is 1. The van der Waals surface area contributed by atoms with Crippen LogP contribution < -0.4 is 10.2 Å². The van der Waals surface area contributed by atoms with E-state index >= 15 is 0 Å². The third-order valence-corrected chi connectivity index (χ3v) is 5.26. The first-order chi connectivity index (χ1) is 15.5. The topological polar surface area (TPSA) is 100.0 Å². The molecule has 2 aromatic carbocycles. The smallest absolute Gasteiger partial charge is 0.263 e. The number of carbonyl (C=O) groups is 1. The van der Waals surface area contributed by atoms with Crippen LogP contribution >= 0.6 is 0 Å². The van der Waals surface area contributed by atoms with E-state index in [2.05, 4.69) is 21.6 Å². The molecule has 0 fully saturated rings. The van der Waals surface area contributed by atoms with Gasteiger partial charge in [-0.1, -0.05) is 35.5 Å². The van der Waals surface area contributed by atoms with Crippen molar-refractivity contribution in [1.29, 1.82) is 5.26 Å². The molecule has 2 aromatic heterocycles. The van der Waals surface area contributed by atoms with Gasteiger partial charge in [-0.2, -0.15) is 10.4 Å². The molecule has 0 saturated carbocycles. The number of nitrogens with zero attached hydrogens (tertiary/aromatic N) is 5. The highest BCUT2D eigenvalue weighted by Crippen LogP contribution is 2.32. The van der Waals surface area contributed by atoms with Gasteiger partial charge in [0.05, 0.1) is 23.4 Å². The van der Waals surface area contributed by atoms with Crippen LogP contribution in [0.15, 0.2) is 65.3 Å². The van der Waals surface area contributed by atoms with E-state index in [1.807, 2.05) is 49.5 Å². The molecule has 0 aliphatic carbocycles. The Morgan fingerprint density at radius 2 is 1.91 bits per heavy atom. The molecular weight excluding hydrogens is 404 g/mol. The Morgan fingerprint density at radius 1 is 1.19 bits per heavy atom. The summed E-state index contributed by atoms with van der Waals surface area (Å²) in [6.45, 7) is 2.24. The average Bonchev–Trinajstić information content (AvgIpc) is 3.39. The molecule has 0 radical (unpaired) electrons. The van der Waals surface area contributed by atoms with E-state index in [4.69, 9.17) is 9.78 Å². The van der Waals surface area contributed by atoms with E-state index in [0.29, 0.717) is 40.5 Å². The first-order valence-corrected chi connectivity index (χ1v) is 10.0. The summed E-state index contributed by atoms with van der Waals surface area (Å²) in [6, 6.07) is 18.9. The number of anilines is 2. The van der Waals surface area contributed by atoms with Crippen LogP contribution in [-0.2, 0) is 13.6 Å². The number of rotatable bonds is 6. The highest BCUT2D eigenvalue weighted by atomic mass is 16.5. The number of benzene rings is 2. The molecule has 0 saturated heterocycles. The van der Waals surface area contributed by atoms with E-state index < -0.39 is 0 Å². The highest BCUT2D eigenvalue weighted by Gasteiger charge is 2.27. The molecule has 0 unspecified atom stereocenters. The van der Waals surface area contributed by atoms with Crippen LogP contribution in [0.4, 0.5) is 11.5 Å². The molecule has 32 heavy (non-hydrogen) atoms. The minimum absolute atomic E-state index is 0.216. The monoisotopic (exact) mass is 426 g/mol. The van der Waals surface area contributed by atoms with Gasteiger partial charge < -0.3 is 14.7 Å².